The minimum atomic E-state index is -0.0362. The molecule has 0 spiro atoms. The van der Waals surface area contributed by atoms with Gasteiger partial charge >= 0.3 is 0 Å². The van der Waals surface area contributed by atoms with E-state index in [4.69, 9.17) is 0 Å². The predicted molar refractivity (Wildman–Crippen MR) is 97.6 cm³/mol. The van der Waals surface area contributed by atoms with Crippen LogP contribution in [0.15, 0.2) is 54.7 Å². The molecule has 124 valence electrons. The lowest BCUT2D eigenvalue weighted by Crippen LogP contribution is -2.31. The van der Waals surface area contributed by atoms with Crippen molar-refractivity contribution in [1.82, 2.24) is 4.57 Å². The number of anilines is 1. The average Bonchev–Trinajstić information content (AvgIpc) is 2.92. The standard InChI is InChI=1S/C20H22N2O2/c1-3-4-12-22(15-8-6-5-7-9-15)20(24)18-14-21(2)19-11-10-16(23)13-17(18)19/h5-11,13-14,23H,3-4,12H2,1-2H3. The molecule has 2 aromatic carbocycles. The van der Waals surface area contributed by atoms with Crippen molar-refractivity contribution in [3.05, 3.63) is 60.3 Å². The van der Waals surface area contributed by atoms with Gasteiger partial charge in [0.2, 0.25) is 0 Å². The highest BCUT2D eigenvalue weighted by Gasteiger charge is 2.21. The predicted octanol–water partition coefficient (Wildman–Crippen LogP) is 4.33. The molecule has 0 fully saturated rings. The Morgan fingerprint density at radius 1 is 1.17 bits per heavy atom. The molecule has 0 aliphatic heterocycles. The largest absolute Gasteiger partial charge is 0.508 e. The fourth-order valence-corrected chi connectivity index (χ4v) is 2.97. The van der Waals surface area contributed by atoms with Gasteiger partial charge in [0.15, 0.2) is 0 Å². The van der Waals surface area contributed by atoms with E-state index in [1.807, 2.05) is 59.1 Å². The number of aryl methyl sites for hydroxylation is 1. The minimum Gasteiger partial charge on any atom is -0.508 e. The molecule has 4 nitrogen and oxygen atoms in total. The molecule has 1 heterocycles. The van der Waals surface area contributed by atoms with Crippen LogP contribution >= 0.6 is 0 Å². The van der Waals surface area contributed by atoms with Crippen LogP contribution in [0.5, 0.6) is 5.75 Å². The Morgan fingerprint density at radius 2 is 1.92 bits per heavy atom. The Hall–Kier alpha value is -2.75. The van der Waals surface area contributed by atoms with Crippen molar-refractivity contribution in [2.24, 2.45) is 7.05 Å². The summed E-state index contributed by atoms with van der Waals surface area (Å²) >= 11 is 0. The van der Waals surface area contributed by atoms with Gasteiger partial charge in [-0.25, -0.2) is 0 Å². The maximum atomic E-state index is 13.2. The summed E-state index contributed by atoms with van der Waals surface area (Å²) in [5.74, 6) is 0.133. The van der Waals surface area contributed by atoms with E-state index in [-0.39, 0.29) is 11.7 Å². The summed E-state index contributed by atoms with van der Waals surface area (Å²) in [7, 11) is 1.91. The highest BCUT2D eigenvalue weighted by molar-refractivity contribution is 6.14. The second-order valence-corrected chi connectivity index (χ2v) is 6.00. The van der Waals surface area contributed by atoms with Crippen LogP contribution in [-0.4, -0.2) is 22.1 Å². The van der Waals surface area contributed by atoms with E-state index < -0.39 is 0 Å². The summed E-state index contributed by atoms with van der Waals surface area (Å²) < 4.78 is 1.92. The number of hydrogen-bond acceptors (Lipinski definition) is 2. The fourth-order valence-electron chi connectivity index (χ4n) is 2.97. The van der Waals surface area contributed by atoms with Crippen LogP contribution < -0.4 is 4.90 Å². The molecule has 0 unspecified atom stereocenters. The van der Waals surface area contributed by atoms with Gasteiger partial charge in [0.25, 0.3) is 5.91 Å². The topological polar surface area (TPSA) is 45.5 Å². The van der Waals surface area contributed by atoms with Crippen LogP contribution in [-0.2, 0) is 7.05 Å². The number of amides is 1. The first-order valence-corrected chi connectivity index (χ1v) is 8.26. The number of benzene rings is 2. The molecule has 3 rings (SSSR count). The van der Waals surface area contributed by atoms with Crippen molar-refractivity contribution in [3.63, 3.8) is 0 Å². The molecule has 0 atom stereocenters. The quantitative estimate of drug-likeness (QED) is 0.760. The van der Waals surface area contributed by atoms with Gasteiger partial charge in [-0.3, -0.25) is 4.79 Å². The first-order valence-electron chi connectivity index (χ1n) is 8.26. The van der Waals surface area contributed by atoms with Crippen molar-refractivity contribution < 1.29 is 9.90 Å². The zero-order chi connectivity index (χ0) is 17.1. The number of aromatic nitrogens is 1. The maximum absolute atomic E-state index is 13.2. The van der Waals surface area contributed by atoms with Crippen molar-refractivity contribution >= 4 is 22.5 Å². The molecule has 4 heteroatoms. The maximum Gasteiger partial charge on any atom is 0.260 e. The Kier molecular flexibility index (Phi) is 4.56. The number of para-hydroxylation sites is 1. The van der Waals surface area contributed by atoms with Crippen LogP contribution in [0.4, 0.5) is 5.69 Å². The number of unbranched alkanes of at least 4 members (excludes halogenated alkanes) is 1. The Morgan fingerprint density at radius 3 is 2.62 bits per heavy atom. The first-order chi connectivity index (χ1) is 11.6. The van der Waals surface area contributed by atoms with E-state index in [1.54, 1.807) is 12.1 Å². The monoisotopic (exact) mass is 322 g/mol. The minimum absolute atomic E-state index is 0.0362. The molecular weight excluding hydrogens is 300 g/mol. The van der Waals surface area contributed by atoms with Crippen molar-refractivity contribution in [1.29, 1.82) is 0 Å². The van der Waals surface area contributed by atoms with E-state index >= 15 is 0 Å². The molecule has 1 N–H and O–H groups in total. The van der Waals surface area contributed by atoms with Crippen LogP contribution in [0, 0.1) is 0 Å². The highest BCUT2D eigenvalue weighted by Crippen LogP contribution is 2.27. The van der Waals surface area contributed by atoms with Crippen molar-refractivity contribution in [2.75, 3.05) is 11.4 Å². The summed E-state index contributed by atoms with van der Waals surface area (Å²) in [5.41, 5.74) is 2.44. The first kappa shape index (κ1) is 16.1. The fraction of sp³-hybridized carbons (Fsp3) is 0.250. The summed E-state index contributed by atoms with van der Waals surface area (Å²) in [5, 5.41) is 10.6. The molecule has 0 radical (unpaired) electrons. The van der Waals surface area contributed by atoms with E-state index in [1.165, 1.54) is 0 Å². The van der Waals surface area contributed by atoms with Gasteiger partial charge in [-0.2, -0.15) is 0 Å². The number of aromatic hydroxyl groups is 1. The van der Waals surface area contributed by atoms with E-state index in [0.717, 1.165) is 29.4 Å². The number of fused-ring (bicyclic) bond motifs is 1. The van der Waals surface area contributed by atoms with Gasteiger partial charge < -0.3 is 14.6 Å². The van der Waals surface area contributed by atoms with Gasteiger partial charge in [0, 0.05) is 36.4 Å². The Bertz CT molecular complexity index is 853. The van der Waals surface area contributed by atoms with Gasteiger partial charge in [-0.05, 0) is 36.8 Å². The lowest BCUT2D eigenvalue weighted by Gasteiger charge is -2.22. The summed E-state index contributed by atoms with van der Waals surface area (Å²) in [6, 6.07) is 14.9. The third-order valence-electron chi connectivity index (χ3n) is 4.25. The Balaban J connectivity index is 2.06. The normalized spacial score (nSPS) is 10.9. The number of carbonyl (C=O) groups excluding carboxylic acids is 1. The Labute approximate surface area is 141 Å². The van der Waals surface area contributed by atoms with Crippen LogP contribution in [0.3, 0.4) is 0 Å². The van der Waals surface area contributed by atoms with Crippen LogP contribution in [0.25, 0.3) is 10.9 Å². The number of phenolic OH excluding ortho intramolecular Hbond substituents is 1. The lowest BCUT2D eigenvalue weighted by molar-refractivity contribution is 0.0988. The molecule has 0 saturated heterocycles. The van der Waals surface area contributed by atoms with Crippen molar-refractivity contribution in [3.8, 4) is 5.75 Å². The SMILES string of the molecule is CCCCN(C(=O)c1cn(C)c2ccc(O)cc12)c1ccccc1. The third-order valence-corrected chi connectivity index (χ3v) is 4.25. The molecule has 0 bridgehead atoms. The number of hydrogen-bond donors (Lipinski definition) is 1. The summed E-state index contributed by atoms with van der Waals surface area (Å²) in [6.07, 6.45) is 3.80. The number of carbonyl (C=O) groups is 1. The molecular formula is C20H22N2O2. The zero-order valence-electron chi connectivity index (χ0n) is 14.1. The smallest absolute Gasteiger partial charge is 0.260 e. The zero-order valence-corrected chi connectivity index (χ0v) is 14.1. The second-order valence-electron chi connectivity index (χ2n) is 6.00. The van der Waals surface area contributed by atoms with Gasteiger partial charge in [-0.1, -0.05) is 31.5 Å². The summed E-state index contributed by atoms with van der Waals surface area (Å²) in [6.45, 7) is 2.79. The highest BCUT2D eigenvalue weighted by atomic mass is 16.3. The summed E-state index contributed by atoms with van der Waals surface area (Å²) in [4.78, 5) is 15.0. The lowest BCUT2D eigenvalue weighted by atomic mass is 10.1. The molecule has 0 saturated carbocycles. The second kappa shape index (κ2) is 6.79. The van der Waals surface area contributed by atoms with Gasteiger partial charge in [-0.15, -0.1) is 0 Å². The number of nitrogens with zero attached hydrogens (tertiary/aromatic N) is 2. The van der Waals surface area contributed by atoms with Crippen LogP contribution in [0.1, 0.15) is 30.1 Å². The average molecular weight is 322 g/mol. The van der Waals surface area contributed by atoms with E-state index in [0.29, 0.717) is 12.1 Å². The number of phenols is 1. The van der Waals surface area contributed by atoms with Gasteiger partial charge in [0.1, 0.15) is 5.75 Å². The molecule has 3 aromatic rings. The third kappa shape index (κ3) is 3.00. The van der Waals surface area contributed by atoms with E-state index in [9.17, 15) is 9.90 Å². The van der Waals surface area contributed by atoms with Crippen molar-refractivity contribution in [2.45, 2.75) is 19.8 Å². The molecule has 1 aromatic heterocycles. The number of rotatable bonds is 5. The van der Waals surface area contributed by atoms with Gasteiger partial charge in [0.05, 0.1) is 5.56 Å². The molecule has 24 heavy (non-hydrogen) atoms. The van der Waals surface area contributed by atoms with Crippen LogP contribution in [0.2, 0.25) is 0 Å². The molecule has 0 aliphatic rings. The molecule has 1 amide bonds. The molecule has 0 aliphatic carbocycles. The van der Waals surface area contributed by atoms with E-state index in [2.05, 4.69) is 6.92 Å².